The lowest BCUT2D eigenvalue weighted by molar-refractivity contribution is 0.0991. The maximum atomic E-state index is 13.7. The van der Waals surface area contributed by atoms with Crippen molar-refractivity contribution in [1.29, 1.82) is 0 Å². The van der Waals surface area contributed by atoms with Gasteiger partial charge in [-0.15, -0.1) is 10.2 Å². The Morgan fingerprint density at radius 3 is 2.61 bits per heavy atom. The zero-order valence-electron chi connectivity index (χ0n) is 17.1. The summed E-state index contributed by atoms with van der Waals surface area (Å²) in [5.41, 5.74) is 3.43. The number of hydrogen-bond donors (Lipinski definition) is 1. The van der Waals surface area contributed by atoms with Crippen LogP contribution in [-0.2, 0) is 7.05 Å². The number of hydrogen-bond acceptors (Lipinski definition) is 5. The van der Waals surface area contributed by atoms with Crippen LogP contribution < -0.4 is 0 Å². The Morgan fingerprint density at radius 2 is 1.84 bits per heavy atom. The van der Waals surface area contributed by atoms with E-state index >= 15 is 0 Å². The van der Waals surface area contributed by atoms with E-state index in [9.17, 15) is 4.79 Å². The maximum absolute atomic E-state index is 13.7. The van der Waals surface area contributed by atoms with E-state index in [2.05, 4.69) is 15.2 Å². The summed E-state index contributed by atoms with van der Waals surface area (Å²) >= 11 is 1.40. The van der Waals surface area contributed by atoms with Crippen molar-refractivity contribution in [3.05, 3.63) is 90.0 Å². The second-order valence-corrected chi connectivity index (χ2v) is 8.35. The van der Waals surface area contributed by atoms with Gasteiger partial charge in [-0.3, -0.25) is 4.79 Å². The molecule has 0 amide bonds. The first-order valence-electron chi connectivity index (χ1n) is 9.89. The van der Waals surface area contributed by atoms with Gasteiger partial charge in [0.1, 0.15) is 11.0 Å². The normalized spacial score (nSPS) is 12.3. The third-order valence-electron chi connectivity index (χ3n) is 5.35. The number of thioether (sulfide) groups is 1. The van der Waals surface area contributed by atoms with Gasteiger partial charge < -0.3 is 14.0 Å². The molecule has 0 aliphatic rings. The molecule has 7 heteroatoms. The van der Waals surface area contributed by atoms with Crippen molar-refractivity contribution >= 4 is 28.4 Å². The standard InChI is InChI=1S/C24H20N4O2S/c1-15-17(12-13-30-15)23-26-27-24(28(23)2)31-22(16-8-4-3-5-9-16)21(29)19-14-25-20-11-7-6-10-18(19)20/h3-14,22,25H,1-2H3. The van der Waals surface area contributed by atoms with Crippen molar-refractivity contribution in [3.63, 3.8) is 0 Å². The lowest BCUT2D eigenvalue weighted by Crippen LogP contribution is -2.11. The molecule has 154 valence electrons. The summed E-state index contributed by atoms with van der Waals surface area (Å²) in [5, 5.41) is 9.86. The lowest BCUT2D eigenvalue weighted by atomic mass is 10.0. The van der Waals surface area contributed by atoms with Gasteiger partial charge in [0.15, 0.2) is 16.8 Å². The first-order chi connectivity index (χ1) is 15.1. The van der Waals surface area contributed by atoms with Crippen molar-refractivity contribution in [2.75, 3.05) is 0 Å². The molecule has 0 aliphatic carbocycles. The zero-order valence-corrected chi connectivity index (χ0v) is 17.9. The molecule has 0 fully saturated rings. The number of carbonyl (C=O) groups is 1. The van der Waals surface area contributed by atoms with Crippen LogP contribution in [0, 0.1) is 6.92 Å². The largest absolute Gasteiger partial charge is 0.469 e. The summed E-state index contributed by atoms with van der Waals surface area (Å²) in [6, 6.07) is 19.5. The van der Waals surface area contributed by atoms with Gasteiger partial charge in [-0.25, -0.2) is 0 Å². The molecule has 31 heavy (non-hydrogen) atoms. The van der Waals surface area contributed by atoms with Crippen LogP contribution in [0.4, 0.5) is 0 Å². The molecule has 0 saturated heterocycles. The molecule has 0 saturated carbocycles. The fourth-order valence-corrected chi connectivity index (χ4v) is 4.76. The molecule has 0 spiro atoms. The minimum Gasteiger partial charge on any atom is -0.469 e. The highest BCUT2D eigenvalue weighted by Crippen LogP contribution is 2.39. The van der Waals surface area contributed by atoms with E-state index in [1.54, 1.807) is 12.5 Å². The van der Waals surface area contributed by atoms with Crippen LogP contribution in [0.3, 0.4) is 0 Å². The number of aromatic nitrogens is 4. The number of carbonyl (C=O) groups excluding carboxylic acids is 1. The smallest absolute Gasteiger partial charge is 0.192 e. The number of fused-ring (bicyclic) bond motifs is 1. The van der Waals surface area contributed by atoms with Gasteiger partial charge in [-0.05, 0) is 24.6 Å². The van der Waals surface area contributed by atoms with Gasteiger partial charge in [0.2, 0.25) is 0 Å². The van der Waals surface area contributed by atoms with Crippen LogP contribution in [0.5, 0.6) is 0 Å². The SMILES string of the molecule is Cc1occc1-c1nnc(SC(C(=O)c2c[nH]c3ccccc23)c2ccccc2)n1C. The Balaban J connectivity index is 1.55. The van der Waals surface area contributed by atoms with Gasteiger partial charge >= 0.3 is 0 Å². The minimum atomic E-state index is -0.457. The molecule has 1 unspecified atom stereocenters. The Kier molecular flexibility index (Phi) is 4.95. The fraction of sp³-hybridized carbons (Fsp3) is 0.125. The van der Waals surface area contributed by atoms with E-state index in [1.807, 2.05) is 79.2 Å². The molecule has 1 N–H and O–H groups in total. The average molecular weight is 429 g/mol. The minimum absolute atomic E-state index is 0.0256. The van der Waals surface area contributed by atoms with Crippen LogP contribution in [-0.4, -0.2) is 25.5 Å². The van der Waals surface area contributed by atoms with Gasteiger partial charge in [0.05, 0.1) is 11.8 Å². The highest BCUT2D eigenvalue weighted by atomic mass is 32.2. The molecule has 1 atom stereocenters. The molecular weight excluding hydrogens is 408 g/mol. The molecule has 5 rings (SSSR count). The molecule has 6 nitrogen and oxygen atoms in total. The summed E-state index contributed by atoms with van der Waals surface area (Å²) in [6.07, 6.45) is 3.43. The van der Waals surface area contributed by atoms with E-state index in [0.29, 0.717) is 16.5 Å². The Morgan fingerprint density at radius 1 is 1.06 bits per heavy atom. The van der Waals surface area contributed by atoms with Crippen molar-refractivity contribution in [3.8, 4) is 11.4 Å². The molecule has 0 bridgehead atoms. The Labute approximate surface area is 183 Å². The summed E-state index contributed by atoms with van der Waals surface area (Å²) in [6.45, 7) is 1.89. The first-order valence-corrected chi connectivity index (χ1v) is 10.8. The van der Waals surface area contributed by atoms with Crippen molar-refractivity contribution in [2.24, 2.45) is 7.05 Å². The highest BCUT2D eigenvalue weighted by Gasteiger charge is 2.28. The van der Waals surface area contributed by atoms with Crippen LogP contribution in [0.25, 0.3) is 22.3 Å². The van der Waals surface area contributed by atoms with Crippen LogP contribution in [0.1, 0.15) is 26.9 Å². The van der Waals surface area contributed by atoms with E-state index in [4.69, 9.17) is 4.42 Å². The maximum Gasteiger partial charge on any atom is 0.192 e. The van der Waals surface area contributed by atoms with Crippen LogP contribution in [0.15, 0.2) is 82.7 Å². The number of ketones is 1. The summed E-state index contributed by atoms with van der Waals surface area (Å²) in [7, 11) is 1.91. The zero-order chi connectivity index (χ0) is 21.4. The molecule has 2 aromatic carbocycles. The van der Waals surface area contributed by atoms with Gasteiger partial charge in [-0.1, -0.05) is 60.3 Å². The number of H-pyrrole nitrogens is 1. The second kappa shape index (κ2) is 7.92. The fourth-order valence-electron chi connectivity index (χ4n) is 3.69. The number of nitrogens with zero attached hydrogens (tertiary/aromatic N) is 3. The van der Waals surface area contributed by atoms with Crippen molar-refractivity contribution in [1.82, 2.24) is 19.7 Å². The number of aromatic amines is 1. The van der Waals surface area contributed by atoms with E-state index in [0.717, 1.165) is 27.8 Å². The van der Waals surface area contributed by atoms with Crippen molar-refractivity contribution in [2.45, 2.75) is 17.3 Å². The van der Waals surface area contributed by atoms with Gasteiger partial charge in [-0.2, -0.15) is 0 Å². The lowest BCUT2D eigenvalue weighted by Gasteiger charge is -2.15. The number of nitrogens with one attached hydrogen (secondary N) is 1. The number of para-hydroxylation sites is 1. The number of aryl methyl sites for hydroxylation is 1. The Hall–Kier alpha value is -3.58. The molecular formula is C24H20N4O2S. The predicted molar refractivity (Wildman–Crippen MR) is 121 cm³/mol. The van der Waals surface area contributed by atoms with Gasteiger partial charge in [0.25, 0.3) is 0 Å². The monoisotopic (exact) mass is 428 g/mol. The quantitative estimate of drug-likeness (QED) is 0.282. The third-order valence-corrected chi connectivity index (χ3v) is 6.64. The van der Waals surface area contributed by atoms with E-state index < -0.39 is 5.25 Å². The highest BCUT2D eigenvalue weighted by molar-refractivity contribution is 8.00. The second-order valence-electron chi connectivity index (χ2n) is 7.28. The van der Waals surface area contributed by atoms with Crippen LogP contribution >= 0.6 is 11.8 Å². The number of Topliss-reactive ketones (excluding diaryl/α,β-unsaturated/α-hetero) is 1. The summed E-state index contributed by atoms with van der Waals surface area (Å²) < 4.78 is 7.32. The van der Waals surface area contributed by atoms with Crippen molar-refractivity contribution < 1.29 is 9.21 Å². The number of benzene rings is 2. The summed E-state index contributed by atoms with van der Waals surface area (Å²) in [4.78, 5) is 16.9. The Bertz CT molecular complexity index is 1370. The van der Waals surface area contributed by atoms with E-state index in [-0.39, 0.29) is 5.78 Å². The van der Waals surface area contributed by atoms with E-state index in [1.165, 1.54) is 11.8 Å². The summed E-state index contributed by atoms with van der Waals surface area (Å²) in [5.74, 6) is 1.51. The molecule has 0 aliphatic heterocycles. The topological polar surface area (TPSA) is 76.7 Å². The molecule has 3 heterocycles. The average Bonchev–Trinajstić information content (AvgIpc) is 3.51. The first kappa shape index (κ1) is 19.4. The molecule has 5 aromatic rings. The number of rotatable bonds is 6. The molecule has 3 aromatic heterocycles. The third kappa shape index (κ3) is 3.47. The van der Waals surface area contributed by atoms with Gasteiger partial charge in [0, 0.05) is 29.7 Å². The predicted octanol–water partition coefficient (Wildman–Crippen LogP) is 5.58. The number of furan rings is 1. The molecule has 0 radical (unpaired) electrons. The van der Waals surface area contributed by atoms with Crippen LogP contribution in [0.2, 0.25) is 0 Å².